The molecule has 2 nitrogen and oxygen atoms in total. The van der Waals surface area contributed by atoms with E-state index >= 15 is 0 Å². The van der Waals surface area contributed by atoms with Crippen molar-refractivity contribution in [2.24, 2.45) is 5.73 Å². The lowest BCUT2D eigenvalue weighted by Crippen LogP contribution is -2.36. The number of aliphatic hydroxyl groups excluding tert-OH is 1. The highest BCUT2D eigenvalue weighted by Crippen LogP contribution is 2.13. The largest absolute Gasteiger partial charge is 0.391 e. The summed E-state index contributed by atoms with van der Waals surface area (Å²) in [5.74, 6) is 0. The number of unbranched alkanes of at least 4 members (excludes halogenated alkanes) is 12. The number of alkyl halides is 1. The zero-order valence-corrected chi connectivity index (χ0v) is 14.2. The molecule has 0 aromatic heterocycles. The third kappa shape index (κ3) is 14.5. The Hall–Kier alpha value is -0.150. The van der Waals surface area contributed by atoms with E-state index in [9.17, 15) is 9.50 Å². The second-order valence-electron chi connectivity index (χ2n) is 6.42. The average Bonchev–Trinajstić information content (AvgIpc) is 2.50. The lowest BCUT2D eigenvalue weighted by Gasteiger charge is -2.15. The molecule has 128 valence electrons. The molecule has 0 bridgehead atoms. The van der Waals surface area contributed by atoms with Crippen LogP contribution < -0.4 is 5.73 Å². The van der Waals surface area contributed by atoms with Crippen molar-refractivity contribution in [3.63, 3.8) is 0 Å². The highest BCUT2D eigenvalue weighted by atomic mass is 19.1. The molecule has 0 aliphatic heterocycles. The second-order valence-corrected chi connectivity index (χ2v) is 6.42. The molecule has 0 spiro atoms. The van der Waals surface area contributed by atoms with Crippen LogP contribution in [0.25, 0.3) is 0 Å². The molecule has 0 saturated heterocycles. The van der Waals surface area contributed by atoms with Gasteiger partial charge in [0, 0.05) is 0 Å². The van der Waals surface area contributed by atoms with Gasteiger partial charge >= 0.3 is 0 Å². The summed E-state index contributed by atoms with van der Waals surface area (Å²) in [4.78, 5) is 0. The van der Waals surface area contributed by atoms with Gasteiger partial charge in [-0.1, -0.05) is 90.4 Å². The van der Waals surface area contributed by atoms with Gasteiger partial charge in [0.25, 0.3) is 0 Å². The Morgan fingerprint density at radius 1 is 0.762 bits per heavy atom. The maximum Gasteiger partial charge on any atom is 0.107 e. The molecular formula is C18H38FNO. The summed E-state index contributed by atoms with van der Waals surface area (Å²) >= 11 is 0. The number of halogens is 1. The summed E-state index contributed by atoms with van der Waals surface area (Å²) in [7, 11) is 0. The monoisotopic (exact) mass is 303 g/mol. The molecule has 0 amide bonds. The van der Waals surface area contributed by atoms with E-state index in [0.717, 1.165) is 12.8 Å². The Balaban J connectivity index is 3.09. The number of hydrogen-bond donors (Lipinski definition) is 2. The van der Waals surface area contributed by atoms with Crippen LogP contribution >= 0.6 is 0 Å². The maximum absolute atomic E-state index is 12.2. The first-order valence-electron chi connectivity index (χ1n) is 9.22. The lowest BCUT2D eigenvalue weighted by atomic mass is 10.0. The van der Waals surface area contributed by atoms with E-state index in [1.807, 2.05) is 0 Å². The topological polar surface area (TPSA) is 46.2 Å². The molecule has 3 heteroatoms. The first kappa shape index (κ1) is 20.9. The molecule has 0 aromatic carbocycles. The van der Waals surface area contributed by atoms with Gasteiger partial charge < -0.3 is 10.8 Å². The summed E-state index contributed by atoms with van der Waals surface area (Å²) < 4.78 is 12.2. The highest BCUT2D eigenvalue weighted by molar-refractivity contribution is 4.70. The van der Waals surface area contributed by atoms with Crippen molar-refractivity contribution >= 4 is 0 Å². The van der Waals surface area contributed by atoms with Crippen LogP contribution in [0.2, 0.25) is 0 Å². The fraction of sp³-hybridized carbons (Fsp3) is 1.00. The van der Waals surface area contributed by atoms with E-state index in [1.54, 1.807) is 0 Å². The van der Waals surface area contributed by atoms with Crippen molar-refractivity contribution in [3.8, 4) is 0 Å². The molecule has 0 aromatic rings. The first-order chi connectivity index (χ1) is 10.2. The second kappa shape index (κ2) is 16.2. The van der Waals surface area contributed by atoms with Gasteiger partial charge in [0.2, 0.25) is 0 Å². The number of nitrogens with two attached hydrogens (primary N) is 1. The fourth-order valence-electron chi connectivity index (χ4n) is 2.69. The molecule has 0 radical (unpaired) electrons. The first-order valence-corrected chi connectivity index (χ1v) is 9.22. The summed E-state index contributed by atoms with van der Waals surface area (Å²) in [6.07, 6.45) is 17.0. The van der Waals surface area contributed by atoms with E-state index < -0.39 is 18.8 Å². The smallest absolute Gasteiger partial charge is 0.107 e. The van der Waals surface area contributed by atoms with Gasteiger partial charge in [-0.05, 0) is 6.42 Å². The lowest BCUT2D eigenvalue weighted by molar-refractivity contribution is 0.119. The van der Waals surface area contributed by atoms with Crippen LogP contribution in [0.15, 0.2) is 0 Å². The molecule has 2 atom stereocenters. The van der Waals surface area contributed by atoms with Crippen molar-refractivity contribution in [1.29, 1.82) is 0 Å². The standard InChI is InChI=1S/C18H38FNO/c1-2-3-4-5-6-7-8-9-10-11-12-13-14-15-18(21)17(20)16-19/h17-18,21H,2-16,20H2,1H3/t17-,18+/m0/s1. The summed E-state index contributed by atoms with van der Waals surface area (Å²) in [5, 5.41) is 9.53. The minimum atomic E-state index is -0.692. The van der Waals surface area contributed by atoms with Crippen LogP contribution in [0.4, 0.5) is 4.39 Å². The van der Waals surface area contributed by atoms with E-state index in [-0.39, 0.29) is 0 Å². The minimum Gasteiger partial charge on any atom is -0.391 e. The molecule has 0 aliphatic rings. The molecule has 3 N–H and O–H groups in total. The quantitative estimate of drug-likeness (QED) is 0.388. The van der Waals surface area contributed by atoms with Crippen LogP contribution in [-0.2, 0) is 0 Å². The van der Waals surface area contributed by atoms with Gasteiger partial charge in [-0.25, -0.2) is 4.39 Å². The Bertz CT molecular complexity index is 202. The molecule has 0 fully saturated rings. The Kier molecular flexibility index (Phi) is 16.1. The minimum absolute atomic E-state index is 0.625. The van der Waals surface area contributed by atoms with Gasteiger partial charge in [-0.3, -0.25) is 0 Å². The van der Waals surface area contributed by atoms with Crippen LogP contribution in [0.5, 0.6) is 0 Å². The zero-order chi connectivity index (χ0) is 15.8. The summed E-state index contributed by atoms with van der Waals surface area (Å²) in [6, 6.07) is -0.692. The van der Waals surface area contributed by atoms with Crippen LogP contribution in [0, 0.1) is 0 Å². The van der Waals surface area contributed by atoms with Gasteiger partial charge in [0.15, 0.2) is 0 Å². The molecule has 0 heterocycles. The van der Waals surface area contributed by atoms with Crippen molar-refractivity contribution in [3.05, 3.63) is 0 Å². The van der Waals surface area contributed by atoms with E-state index in [1.165, 1.54) is 70.6 Å². The fourth-order valence-corrected chi connectivity index (χ4v) is 2.69. The summed E-state index contributed by atoms with van der Waals surface area (Å²) in [5.41, 5.74) is 5.44. The Morgan fingerprint density at radius 2 is 1.14 bits per heavy atom. The van der Waals surface area contributed by atoms with Crippen molar-refractivity contribution < 1.29 is 9.50 Å². The molecule has 0 saturated carbocycles. The third-order valence-electron chi connectivity index (χ3n) is 4.28. The number of rotatable bonds is 16. The van der Waals surface area contributed by atoms with E-state index in [2.05, 4.69) is 6.92 Å². The normalized spacial score (nSPS) is 14.3. The van der Waals surface area contributed by atoms with Gasteiger partial charge in [0.1, 0.15) is 6.67 Å². The molecule has 0 rings (SSSR count). The van der Waals surface area contributed by atoms with Crippen LogP contribution in [0.3, 0.4) is 0 Å². The maximum atomic E-state index is 12.2. The molecular weight excluding hydrogens is 265 g/mol. The predicted octanol–water partition coefficient (Wildman–Crippen LogP) is 5.13. The van der Waals surface area contributed by atoms with Gasteiger partial charge in [-0.2, -0.15) is 0 Å². The van der Waals surface area contributed by atoms with Gasteiger partial charge in [0.05, 0.1) is 12.1 Å². The molecule has 0 aliphatic carbocycles. The Morgan fingerprint density at radius 3 is 1.52 bits per heavy atom. The van der Waals surface area contributed by atoms with E-state index in [4.69, 9.17) is 5.73 Å². The average molecular weight is 304 g/mol. The van der Waals surface area contributed by atoms with E-state index in [0.29, 0.717) is 6.42 Å². The third-order valence-corrected chi connectivity index (χ3v) is 4.28. The number of aliphatic hydroxyl groups is 1. The molecule has 21 heavy (non-hydrogen) atoms. The predicted molar refractivity (Wildman–Crippen MR) is 90.3 cm³/mol. The SMILES string of the molecule is CCCCCCCCCCCCCCC[C@@H](O)[C@@H](N)CF. The number of hydrogen-bond acceptors (Lipinski definition) is 2. The van der Waals surface area contributed by atoms with Crippen molar-refractivity contribution in [2.45, 2.75) is 109 Å². The zero-order valence-electron chi connectivity index (χ0n) is 14.2. The van der Waals surface area contributed by atoms with Crippen molar-refractivity contribution in [2.75, 3.05) is 6.67 Å². The summed E-state index contributed by atoms with van der Waals surface area (Å²) in [6.45, 7) is 1.63. The highest BCUT2D eigenvalue weighted by Gasteiger charge is 2.13. The molecule has 0 unspecified atom stereocenters. The Labute approximate surface area is 131 Å². The van der Waals surface area contributed by atoms with Crippen LogP contribution in [-0.4, -0.2) is 23.9 Å². The van der Waals surface area contributed by atoms with Crippen LogP contribution in [0.1, 0.15) is 96.8 Å². The van der Waals surface area contributed by atoms with Gasteiger partial charge in [-0.15, -0.1) is 0 Å². The van der Waals surface area contributed by atoms with Crippen molar-refractivity contribution in [1.82, 2.24) is 0 Å².